The zero-order valence-electron chi connectivity index (χ0n) is 7.45. The highest BCUT2D eigenvalue weighted by Crippen LogP contribution is 1.91. The van der Waals surface area contributed by atoms with Crippen LogP contribution in [0, 0.1) is 11.3 Å². The third kappa shape index (κ3) is 7.48. The highest BCUT2D eigenvalue weighted by molar-refractivity contribution is 4.67. The SMILES string of the molecule is CC(COCCC#N)OCCN. The Bertz CT molecular complexity index is 134. The molecule has 0 spiro atoms. The fraction of sp³-hybridized carbons (Fsp3) is 0.875. The minimum absolute atomic E-state index is 0.0623. The molecule has 0 radical (unpaired) electrons. The molecule has 4 nitrogen and oxygen atoms in total. The van der Waals surface area contributed by atoms with Crippen LogP contribution in [0.1, 0.15) is 13.3 Å². The molecule has 0 rings (SSSR count). The quantitative estimate of drug-likeness (QED) is 0.560. The Morgan fingerprint density at radius 2 is 2.25 bits per heavy atom. The van der Waals surface area contributed by atoms with Gasteiger partial charge in [-0.1, -0.05) is 0 Å². The van der Waals surface area contributed by atoms with Crippen LogP contribution in [-0.2, 0) is 9.47 Å². The molecule has 0 amide bonds. The topological polar surface area (TPSA) is 68.3 Å². The van der Waals surface area contributed by atoms with Crippen LogP contribution in [-0.4, -0.2) is 32.5 Å². The minimum atomic E-state index is 0.0623. The lowest BCUT2D eigenvalue weighted by Crippen LogP contribution is -2.20. The number of ether oxygens (including phenoxy) is 2. The van der Waals surface area contributed by atoms with Gasteiger partial charge in [-0.3, -0.25) is 0 Å². The van der Waals surface area contributed by atoms with Crippen LogP contribution in [0.4, 0.5) is 0 Å². The van der Waals surface area contributed by atoms with E-state index in [2.05, 4.69) is 0 Å². The molecule has 2 N–H and O–H groups in total. The summed E-state index contributed by atoms with van der Waals surface area (Å²) in [5, 5.41) is 8.20. The van der Waals surface area contributed by atoms with Crippen molar-refractivity contribution >= 4 is 0 Å². The van der Waals surface area contributed by atoms with Crippen LogP contribution < -0.4 is 5.73 Å². The number of hydrogen-bond donors (Lipinski definition) is 1. The highest BCUT2D eigenvalue weighted by atomic mass is 16.5. The van der Waals surface area contributed by atoms with Gasteiger partial charge in [0.25, 0.3) is 0 Å². The van der Waals surface area contributed by atoms with Gasteiger partial charge in [-0.15, -0.1) is 0 Å². The second kappa shape index (κ2) is 8.47. The molecule has 1 unspecified atom stereocenters. The Hall–Kier alpha value is -0.630. The van der Waals surface area contributed by atoms with E-state index >= 15 is 0 Å². The molecule has 0 saturated heterocycles. The molecule has 0 heterocycles. The molecule has 0 bridgehead atoms. The number of nitriles is 1. The van der Waals surface area contributed by atoms with Gasteiger partial charge in [0.2, 0.25) is 0 Å². The Morgan fingerprint density at radius 1 is 1.50 bits per heavy atom. The Morgan fingerprint density at radius 3 is 2.83 bits per heavy atom. The van der Waals surface area contributed by atoms with Gasteiger partial charge >= 0.3 is 0 Å². The van der Waals surface area contributed by atoms with Crippen molar-refractivity contribution in [2.24, 2.45) is 5.73 Å². The summed E-state index contributed by atoms with van der Waals surface area (Å²) in [5.74, 6) is 0. The predicted octanol–water partition coefficient (Wildman–Crippen LogP) is 0.280. The lowest BCUT2D eigenvalue weighted by Gasteiger charge is -2.11. The molecule has 70 valence electrons. The fourth-order valence-electron chi connectivity index (χ4n) is 0.684. The van der Waals surface area contributed by atoms with E-state index in [4.69, 9.17) is 20.5 Å². The first kappa shape index (κ1) is 11.4. The molecule has 0 fully saturated rings. The average Bonchev–Trinajstić information content (AvgIpc) is 2.09. The van der Waals surface area contributed by atoms with Crippen molar-refractivity contribution in [3.8, 4) is 6.07 Å². The number of nitrogens with two attached hydrogens (primary N) is 1. The first-order valence-electron chi connectivity index (χ1n) is 4.07. The summed E-state index contributed by atoms with van der Waals surface area (Å²) < 4.78 is 10.4. The van der Waals surface area contributed by atoms with E-state index in [1.807, 2.05) is 13.0 Å². The molecule has 0 aliphatic carbocycles. The summed E-state index contributed by atoms with van der Waals surface area (Å²) in [4.78, 5) is 0. The monoisotopic (exact) mass is 172 g/mol. The van der Waals surface area contributed by atoms with E-state index in [-0.39, 0.29) is 6.10 Å². The number of nitrogens with zero attached hydrogens (tertiary/aromatic N) is 1. The largest absolute Gasteiger partial charge is 0.378 e. The van der Waals surface area contributed by atoms with Crippen molar-refractivity contribution in [1.82, 2.24) is 0 Å². The molecule has 0 aromatic heterocycles. The van der Waals surface area contributed by atoms with E-state index in [0.29, 0.717) is 32.8 Å². The normalized spacial score (nSPS) is 12.4. The third-order valence-corrected chi connectivity index (χ3v) is 1.23. The summed E-state index contributed by atoms with van der Waals surface area (Å²) in [6.07, 6.45) is 0.496. The molecule has 1 atom stereocenters. The molecular weight excluding hydrogens is 156 g/mol. The molecule has 0 aliphatic rings. The van der Waals surface area contributed by atoms with Crippen LogP contribution in [0.3, 0.4) is 0 Å². The van der Waals surface area contributed by atoms with E-state index < -0.39 is 0 Å². The lowest BCUT2D eigenvalue weighted by atomic mass is 10.4. The number of rotatable bonds is 7. The van der Waals surface area contributed by atoms with E-state index in [1.165, 1.54) is 0 Å². The maximum Gasteiger partial charge on any atom is 0.0781 e. The van der Waals surface area contributed by atoms with Crippen molar-refractivity contribution in [2.75, 3.05) is 26.4 Å². The van der Waals surface area contributed by atoms with Crippen molar-refractivity contribution < 1.29 is 9.47 Å². The standard InChI is InChI=1S/C8H16N2O2/c1-8(12-6-4-10)7-11-5-2-3-9/h8H,2,4-7,10H2,1H3. The smallest absolute Gasteiger partial charge is 0.0781 e. The second-order valence-corrected chi connectivity index (χ2v) is 2.45. The first-order chi connectivity index (χ1) is 5.81. The summed E-state index contributed by atoms with van der Waals surface area (Å²) >= 11 is 0. The van der Waals surface area contributed by atoms with Crippen molar-refractivity contribution in [1.29, 1.82) is 5.26 Å². The number of hydrogen-bond acceptors (Lipinski definition) is 4. The van der Waals surface area contributed by atoms with Crippen molar-refractivity contribution in [3.63, 3.8) is 0 Å². The summed E-state index contributed by atoms with van der Waals surface area (Å²) in [7, 11) is 0. The van der Waals surface area contributed by atoms with Crippen LogP contribution in [0.5, 0.6) is 0 Å². The molecule has 12 heavy (non-hydrogen) atoms. The predicted molar refractivity (Wildman–Crippen MR) is 45.5 cm³/mol. The summed E-state index contributed by atoms with van der Waals surface area (Å²) in [6.45, 7) is 4.02. The second-order valence-electron chi connectivity index (χ2n) is 2.45. The van der Waals surface area contributed by atoms with Gasteiger partial charge in [0.15, 0.2) is 0 Å². The van der Waals surface area contributed by atoms with Gasteiger partial charge in [0, 0.05) is 6.54 Å². The van der Waals surface area contributed by atoms with E-state index in [9.17, 15) is 0 Å². The maximum atomic E-state index is 8.20. The Kier molecular flexibility index (Phi) is 8.02. The molecule has 0 aromatic carbocycles. The Balaban J connectivity index is 3.09. The van der Waals surface area contributed by atoms with Crippen LogP contribution in [0.2, 0.25) is 0 Å². The molecule has 4 heteroatoms. The zero-order valence-corrected chi connectivity index (χ0v) is 7.45. The van der Waals surface area contributed by atoms with Gasteiger partial charge in [-0.25, -0.2) is 0 Å². The van der Waals surface area contributed by atoms with Gasteiger partial charge in [0.1, 0.15) is 0 Å². The van der Waals surface area contributed by atoms with Crippen LogP contribution in [0.15, 0.2) is 0 Å². The summed E-state index contributed by atoms with van der Waals surface area (Å²) in [6, 6.07) is 2.00. The average molecular weight is 172 g/mol. The zero-order chi connectivity index (χ0) is 9.23. The molecule has 0 aliphatic heterocycles. The third-order valence-electron chi connectivity index (χ3n) is 1.23. The minimum Gasteiger partial charge on any atom is -0.378 e. The molecular formula is C8H16N2O2. The van der Waals surface area contributed by atoms with Gasteiger partial charge in [0.05, 0.1) is 38.4 Å². The Labute approximate surface area is 73.3 Å². The molecule has 0 aromatic rings. The van der Waals surface area contributed by atoms with Crippen LogP contribution in [0.25, 0.3) is 0 Å². The van der Waals surface area contributed by atoms with Crippen LogP contribution >= 0.6 is 0 Å². The van der Waals surface area contributed by atoms with Gasteiger partial charge in [-0.2, -0.15) is 5.26 Å². The van der Waals surface area contributed by atoms with Gasteiger partial charge in [-0.05, 0) is 6.92 Å². The maximum absolute atomic E-state index is 8.20. The first-order valence-corrected chi connectivity index (χ1v) is 4.07. The van der Waals surface area contributed by atoms with Crippen molar-refractivity contribution in [3.05, 3.63) is 0 Å². The van der Waals surface area contributed by atoms with E-state index in [1.54, 1.807) is 0 Å². The fourth-order valence-corrected chi connectivity index (χ4v) is 0.684. The van der Waals surface area contributed by atoms with Gasteiger partial charge < -0.3 is 15.2 Å². The lowest BCUT2D eigenvalue weighted by molar-refractivity contribution is -0.00210. The highest BCUT2D eigenvalue weighted by Gasteiger charge is 2.00. The van der Waals surface area contributed by atoms with E-state index in [0.717, 1.165) is 0 Å². The molecule has 0 saturated carbocycles. The van der Waals surface area contributed by atoms with Crippen molar-refractivity contribution in [2.45, 2.75) is 19.4 Å². The summed E-state index contributed by atoms with van der Waals surface area (Å²) in [5.41, 5.74) is 5.24.